The van der Waals surface area contributed by atoms with Gasteiger partial charge in [-0.15, -0.1) is 24.8 Å². The SMILES string of the molecule is CC(C)C[C@@H](c1cccc(OC(F)(F)C(F)F)c1)N1CCNCC1.Cl.Cl. The van der Waals surface area contributed by atoms with Gasteiger partial charge in [-0.3, -0.25) is 4.90 Å². The van der Waals surface area contributed by atoms with Crippen molar-refractivity contribution in [2.45, 2.75) is 38.8 Å². The van der Waals surface area contributed by atoms with Crippen LogP contribution in [0.2, 0.25) is 0 Å². The van der Waals surface area contributed by atoms with Crippen LogP contribution in [-0.2, 0) is 0 Å². The highest BCUT2D eigenvalue weighted by Gasteiger charge is 2.44. The van der Waals surface area contributed by atoms with E-state index >= 15 is 0 Å². The highest BCUT2D eigenvalue weighted by Crippen LogP contribution is 2.33. The van der Waals surface area contributed by atoms with E-state index in [2.05, 4.69) is 28.8 Å². The van der Waals surface area contributed by atoms with Crippen LogP contribution in [0.1, 0.15) is 31.9 Å². The number of hydrogen-bond acceptors (Lipinski definition) is 3. The zero-order chi connectivity index (χ0) is 17.7. The minimum absolute atomic E-state index is 0. The third kappa shape index (κ3) is 7.10. The first-order valence-corrected chi connectivity index (χ1v) is 8.19. The van der Waals surface area contributed by atoms with E-state index in [4.69, 9.17) is 0 Å². The van der Waals surface area contributed by atoms with Crippen molar-refractivity contribution in [1.82, 2.24) is 10.2 Å². The summed E-state index contributed by atoms with van der Waals surface area (Å²) >= 11 is 0. The van der Waals surface area contributed by atoms with Crippen LogP contribution in [0, 0.1) is 5.92 Å². The molecule has 3 nitrogen and oxygen atoms in total. The number of nitrogens with zero attached hydrogens (tertiary/aromatic N) is 1. The number of halogens is 6. The molecule has 152 valence electrons. The molecular weight excluding hydrogens is 395 g/mol. The highest BCUT2D eigenvalue weighted by atomic mass is 35.5. The van der Waals surface area contributed by atoms with Crippen LogP contribution in [-0.4, -0.2) is 43.6 Å². The number of hydrogen-bond donors (Lipinski definition) is 1. The molecule has 0 bridgehead atoms. The van der Waals surface area contributed by atoms with E-state index in [1.807, 2.05) is 6.07 Å². The minimum atomic E-state index is -4.48. The highest BCUT2D eigenvalue weighted by molar-refractivity contribution is 5.85. The molecule has 0 aliphatic carbocycles. The molecule has 1 atom stereocenters. The molecular formula is C17H26Cl2F4N2O. The Morgan fingerprint density at radius 3 is 2.31 bits per heavy atom. The van der Waals surface area contributed by atoms with Gasteiger partial charge in [-0.1, -0.05) is 26.0 Å². The van der Waals surface area contributed by atoms with Gasteiger partial charge in [0.2, 0.25) is 0 Å². The molecule has 0 amide bonds. The molecule has 1 aliphatic heterocycles. The summed E-state index contributed by atoms with van der Waals surface area (Å²) in [5.74, 6) is 0.179. The lowest BCUT2D eigenvalue weighted by Gasteiger charge is -2.36. The predicted molar refractivity (Wildman–Crippen MR) is 99.2 cm³/mol. The van der Waals surface area contributed by atoms with E-state index in [1.165, 1.54) is 12.1 Å². The van der Waals surface area contributed by atoms with Crippen LogP contribution in [0.25, 0.3) is 0 Å². The topological polar surface area (TPSA) is 24.5 Å². The van der Waals surface area contributed by atoms with Gasteiger partial charge in [0.1, 0.15) is 5.75 Å². The molecule has 0 unspecified atom stereocenters. The smallest absolute Gasteiger partial charge is 0.428 e. The van der Waals surface area contributed by atoms with Crippen molar-refractivity contribution in [3.05, 3.63) is 29.8 Å². The summed E-state index contributed by atoms with van der Waals surface area (Å²) in [5, 5.41) is 3.28. The Morgan fingerprint density at radius 2 is 1.77 bits per heavy atom. The van der Waals surface area contributed by atoms with Gasteiger partial charge < -0.3 is 10.1 Å². The summed E-state index contributed by atoms with van der Waals surface area (Å²) in [6.45, 7) is 7.65. The third-order valence-corrected chi connectivity index (χ3v) is 4.04. The quantitative estimate of drug-likeness (QED) is 0.643. The van der Waals surface area contributed by atoms with Crippen molar-refractivity contribution >= 4 is 24.8 Å². The van der Waals surface area contributed by atoms with Gasteiger partial charge in [0.15, 0.2) is 0 Å². The molecule has 1 heterocycles. The second kappa shape index (κ2) is 11.2. The summed E-state index contributed by atoms with van der Waals surface area (Å²) in [6, 6.07) is 6.19. The minimum Gasteiger partial charge on any atom is -0.428 e. The maximum atomic E-state index is 13.1. The summed E-state index contributed by atoms with van der Waals surface area (Å²) in [7, 11) is 0. The fourth-order valence-corrected chi connectivity index (χ4v) is 2.92. The zero-order valence-corrected chi connectivity index (χ0v) is 16.4. The first-order valence-electron chi connectivity index (χ1n) is 8.19. The van der Waals surface area contributed by atoms with E-state index in [-0.39, 0.29) is 36.6 Å². The monoisotopic (exact) mass is 420 g/mol. The Labute approximate surface area is 164 Å². The van der Waals surface area contributed by atoms with Crippen molar-refractivity contribution < 1.29 is 22.3 Å². The first-order chi connectivity index (χ1) is 11.3. The van der Waals surface area contributed by atoms with Gasteiger partial charge in [0.05, 0.1) is 0 Å². The van der Waals surface area contributed by atoms with Gasteiger partial charge in [0.25, 0.3) is 0 Å². The number of nitrogens with one attached hydrogen (secondary N) is 1. The number of benzene rings is 1. The summed E-state index contributed by atoms with van der Waals surface area (Å²) in [4.78, 5) is 2.29. The Morgan fingerprint density at radius 1 is 1.15 bits per heavy atom. The third-order valence-electron chi connectivity index (χ3n) is 4.04. The normalized spacial score (nSPS) is 16.8. The van der Waals surface area contributed by atoms with E-state index < -0.39 is 12.5 Å². The van der Waals surface area contributed by atoms with Gasteiger partial charge in [-0.2, -0.15) is 17.6 Å². The Hall–Kier alpha value is -0.760. The molecule has 26 heavy (non-hydrogen) atoms. The van der Waals surface area contributed by atoms with Crippen LogP contribution in [0.3, 0.4) is 0 Å². The molecule has 9 heteroatoms. The Kier molecular flexibility index (Phi) is 10.8. The number of piperazine rings is 1. The van der Waals surface area contributed by atoms with Gasteiger partial charge in [-0.25, -0.2) is 0 Å². The molecule has 1 aromatic carbocycles. The molecule has 1 saturated heterocycles. The second-order valence-corrected chi connectivity index (χ2v) is 6.47. The van der Waals surface area contributed by atoms with Crippen LogP contribution in [0.15, 0.2) is 24.3 Å². The van der Waals surface area contributed by atoms with Crippen molar-refractivity contribution in [2.75, 3.05) is 26.2 Å². The lowest BCUT2D eigenvalue weighted by molar-refractivity contribution is -0.253. The average molecular weight is 421 g/mol. The predicted octanol–water partition coefficient (Wildman–Crippen LogP) is 4.76. The van der Waals surface area contributed by atoms with Crippen LogP contribution >= 0.6 is 24.8 Å². The number of alkyl halides is 4. The maximum Gasteiger partial charge on any atom is 0.461 e. The second-order valence-electron chi connectivity index (χ2n) is 6.47. The molecule has 0 saturated carbocycles. The Balaban J connectivity index is 0.00000312. The van der Waals surface area contributed by atoms with Gasteiger partial charge in [-0.05, 0) is 30.0 Å². The van der Waals surface area contributed by atoms with E-state index in [9.17, 15) is 17.6 Å². The van der Waals surface area contributed by atoms with Crippen molar-refractivity contribution in [1.29, 1.82) is 0 Å². The zero-order valence-electron chi connectivity index (χ0n) is 14.8. The largest absolute Gasteiger partial charge is 0.461 e. The molecule has 1 aliphatic rings. The number of ether oxygens (including phenoxy) is 1. The van der Waals surface area contributed by atoms with E-state index in [0.29, 0.717) is 5.92 Å². The molecule has 1 fully saturated rings. The fourth-order valence-electron chi connectivity index (χ4n) is 2.92. The van der Waals surface area contributed by atoms with E-state index in [1.54, 1.807) is 6.07 Å². The van der Waals surface area contributed by atoms with Crippen molar-refractivity contribution in [3.63, 3.8) is 0 Å². The average Bonchev–Trinajstić information content (AvgIpc) is 2.53. The standard InChI is InChI=1S/C17H24F4N2O.2ClH/c1-12(2)10-15(23-8-6-22-7-9-23)13-4-3-5-14(11-13)24-17(20,21)16(18)19;;/h3-5,11-12,15-16,22H,6-10H2,1-2H3;2*1H/t15-;;/m0../s1. The summed E-state index contributed by atoms with van der Waals surface area (Å²) < 4.78 is 55.2. The van der Waals surface area contributed by atoms with Crippen LogP contribution < -0.4 is 10.1 Å². The van der Waals surface area contributed by atoms with Crippen LogP contribution in [0.5, 0.6) is 5.75 Å². The van der Waals surface area contributed by atoms with Crippen molar-refractivity contribution in [3.8, 4) is 5.75 Å². The number of rotatable bonds is 7. The van der Waals surface area contributed by atoms with Crippen LogP contribution in [0.4, 0.5) is 17.6 Å². The fraction of sp³-hybridized carbons (Fsp3) is 0.647. The molecule has 1 aromatic rings. The maximum absolute atomic E-state index is 13.1. The molecule has 0 aromatic heterocycles. The van der Waals surface area contributed by atoms with E-state index in [0.717, 1.165) is 38.2 Å². The lowest BCUT2D eigenvalue weighted by Crippen LogP contribution is -2.45. The lowest BCUT2D eigenvalue weighted by atomic mass is 9.95. The summed E-state index contributed by atoms with van der Waals surface area (Å²) in [6.07, 6.45) is -7.49. The summed E-state index contributed by atoms with van der Waals surface area (Å²) in [5.41, 5.74) is 0.813. The van der Waals surface area contributed by atoms with Gasteiger partial charge in [0, 0.05) is 32.2 Å². The molecule has 2 rings (SSSR count). The molecule has 0 spiro atoms. The van der Waals surface area contributed by atoms with Crippen molar-refractivity contribution in [2.24, 2.45) is 5.92 Å². The molecule has 0 radical (unpaired) electrons. The Bertz CT molecular complexity index is 529. The van der Waals surface area contributed by atoms with Gasteiger partial charge >= 0.3 is 12.5 Å². The molecule has 1 N–H and O–H groups in total. The first kappa shape index (κ1) is 25.2.